The third kappa shape index (κ3) is 3.88. The van der Waals surface area contributed by atoms with Gasteiger partial charge in [-0.25, -0.2) is 4.42 Å². The first-order valence-corrected chi connectivity index (χ1v) is 9.20. The molecule has 0 saturated heterocycles. The van der Waals surface area contributed by atoms with Crippen LogP contribution in [0.1, 0.15) is 69.6 Å². The van der Waals surface area contributed by atoms with Crippen molar-refractivity contribution in [2.45, 2.75) is 71.1 Å². The van der Waals surface area contributed by atoms with E-state index >= 15 is 0 Å². The monoisotopic (exact) mass is 297 g/mol. The summed E-state index contributed by atoms with van der Waals surface area (Å²) in [5.41, 5.74) is 2.50. The second-order valence-electron chi connectivity index (χ2n) is 6.90. The smallest absolute Gasteiger partial charge is 0.212 e. The molecule has 1 nitrogen and oxygen atoms in total. The molecule has 118 valence electrons. The van der Waals surface area contributed by atoms with Gasteiger partial charge in [0.25, 0.3) is 0 Å². The Balaban J connectivity index is 1.53. The van der Waals surface area contributed by atoms with E-state index in [1.807, 2.05) is 0 Å². The lowest BCUT2D eigenvalue weighted by Crippen LogP contribution is -2.14. The third-order valence-corrected chi connectivity index (χ3v) is 5.09. The Bertz CT molecular complexity index is 602. The van der Waals surface area contributed by atoms with Crippen LogP contribution in [0.2, 0.25) is 0 Å². The van der Waals surface area contributed by atoms with Gasteiger partial charge in [0.1, 0.15) is 0 Å². The Morgan fingerprint density at radius 3 is 2.77 bits per heavy atom. The number of benzene rings is 1. The van der Waals surface area contributed by atoms with Crippen LogP contribution in [0.3, 0.4) is 0 Å². The zero-order valence-electron chi connectivity index (χ0n) is 13.9. The number of fused-ring (bicyclic) bond motifs is 2. The van der Waals surface area contributed by atoms with Crippen molar-refractivity contribution in [1.82, 2.24) is 0 Å². The highest BCUT2D eigenvalue weighted by Crippen LogP contribution is 2.31. The highest BCUT2D eigenvalue weighted by atomic mass is 16.3. The molecule has 1 heterocycles. The first-order valence-electron chi connectivity index (χ1n) is 9.20. The summed E-state index contributed by atoms with van der Waals surface area (Å²) in [6.07, 6.45) is 13.5. The molecule has 0 aliphatic heterocycles. The summed E-state index contributed by atoms with van der Waals surface area (Å²) >= 11 is 0. The van der Waals surface area contributed by atoms with E-state index in [2.05, 4.69) is 37.3 Å². The minimum atomic E-state index is 0.870. The highest BCUT2D eigenvalue weighted by molar-refractivity contribution is 5.77. The molecule has 0 spiro atoms. The first kappa shape index (κ1) is 15.5. The van der Waals surface area contributed by atoms with Crippen LogP contribution in [0.4, 0.5) is 0 Å². The van der Waals surface area contributed by atoms with Gasteiger partial charge in [-0.3, -0.25) is 0 Å². The van der Waals surface area contributed by atoms with Crippen LogP contribution in [-0.2, 0) is 12.8 Å². The minimum absolute atomic E-state index is 0.870. The lowest BCUT2D eigenvalue weighted by Gasteiger charge is -2.19. The van der Waals surface area contributed by atoms with Gasteiger partial charge in [0, 0.05) is 6.07 Å². The molecule has 1 unspecified atom stereocenters. The predicted octanol–water partition coefficient (Wildman–Crippen LogP) is 6.57. The zero-order chi connectivity index (χ0) is 15.2. The zero-order valence-corrected chi connectivity index (χ0v) is 13.9. The van der Waals surface area contributed by atoms with Crippen molar-refractivity contribution in [3.63, 3.8) is 0 Å². The molecule has 0 bridgehead atoms. The number of unbranched alkanes of at least 4 members (excludes halogenated alkanes) is 5. The number of para-hydroxylation sites is 1. The summed E-state index contributed by atoms with van der Waals surface area (Å²) in [6, 6.07) is 10.8. The number of rotatable bonds is 7. The number of aryl methyl sites for hydroxylation is 1. The summed E-state index contributed by atoms with van der Waals surface area (Å²) in [7, 11) is 0. The summed E-state index contributed by atoms with van der Waals surface area (Å²) in [5.74, 6) is 2.10. The normalized spacial score (nSPS) is 17.6. The van der Waals surface area contributed by atoms with Crippen molar-refractivity contribution in [2.75, 3.05) is 0 Å². The third-order valence-electron chi connectivity index (χ3n) is 5.09. The van der Waals surface area contributed by atoms with Crippen molar-refractivity contribution >= 4 is 11.0 Å². The maximum atomic E-state index is 6.10. The van der Waals surface area contributed by atoms with Crippen LogP contribution in [-0.4, -0.2) is 0 Å². The van der Waals surface area contributed by atoms with Gasteiger partial charge < -0.3 is 0 Å². The molecule has 1 aromatic heterocycles. The highest BCUT2D eigenvalue weighted by Gasteiger charge is 2.27. The van der Waals surface area contributed by atoms with Gasteiger partial charge in [-0.1, -0.05) is 64.0 Å². The average Bonchev–Trinajstić information content (AvgIpc) is 2.56. The van der Waals surface area contributed by atoms with Crippen LogP contribution in [0, 0.1) is 5.92 Å². The van der Waals surface area contributed by atoms with Crippen LogP contribution in [0.15, 0.2) is 34.7 Å². The summed E-state index contributed by atoms with van der Waals surface area (Å²) in [5, 5.41) is 1.25. The average molecular weight is 297 g/mol. The fourth-order valence-electron chi connectivity index (χ4n) is 3.75. The molecule has 0 fully saturated rings. The molecule has 1 aliphatic rings. The van der Waals surface area contributed by atoms with E-state index in [-0.39, 0.29) is 0 Å². The Kier molecular flexibility index (Phi) is 5.48. The standard InChI is InChI=1S/C21H29O/c1-2-3-4-5-6-7-10-17-13-14-21-19(15-17)16-18-11-8-9-12-20(18)22-21/h8-9,11-12,16-17H,2-7,10,13-15H2,1H3/q+1. The van der Waals surface area contributed by atoms with Crippen molar-refractivity contribution in [2.24, 2.45) is 5.92 Å². The molecule has 1 aromatic carbocycles. The maximum Gasteiger partial charge on any atom is 0.360 e. The van der Waals surface area contributed by atoms with Crippen molar-refractivity contribution in [1.29, 1.82) is 0 Å². The predicted molar refractivity (Wildman–Crippen MR) is 94.1 cm³/mol. The van der Waals surface area contributed by atoms with Crippen LogP contribution >= 0.6 is 0 Å². The van der Waals surface area contributed by atoms with E-state index in [0.717, 1.165) is 17.9 Å². The molecule has 22 heavy (non-hydrogen) atoms. The topological polar surface area (TPSA) is 11.3 Å². The molecule has 3 rings (SSSR count). The van der Waals surface area contributed by atoms with Gasteiger partial charge in [-0.2, -0.15) is 0 Å². The van der Waals surface area contributed by atoms with Crippen molar-refractivity contribution < 1.29 is 4.42 Å². The van der Waals surface area contributed by atoms with Gasteiger partial charge >= 0.3 is 11.3 Å². The molecule has 0 amide bonds. The second-order valence-corrected chi connectivity index (χ2v) is 6.90. The second kappa shape index (κ2) is 7.76. The largest absolute Gasteiger partial charge is 0.360 e. The van der Waals surface area contributed by atoms with E-state index in [1.165, 1.54) is 74.5 Å². The lowest BCUT2D eigenvalue weighted by atomic mass is 9.83. The quantitative estimate of drug-likeness (QED) is 0.415. The van der Waals surface area contributed by atoms with Crippen LogP contribution in [0.5, 0.6) is 0 Å². The minimum Gasteiger partial charge on any atom is -0.212 e. The van der Waals surface area contributed by atoms with Gasteiger partial charge in [0.05, 0.1) is 17.4 Å². The molecule has 0 N–H and O–H groups in total. The summed E-state index contributed by atoms with van der Waals surface area (Å²) in [6.45, 7) is 2.29. The molecule has 1 atom stereocenters. The van der Waals surface area contributed by atoms with Crippen LogP contribution < -0.4 is 0 Å². The van der Waals surface area contributed by atoms with E-state index in [1.54, 1.807) is 0 Å². The lowest BCUT2D eigenvalue weighted by molar-refractivity contribution is 0.370. The molecule has 1 heteroatoms. The van der Waals surface area contributed by atoms with Crippen LogP contribution in [0.25, 0.3) is 11.0 Å². The SMILES string of the molecule is CCCCCCCCC1CCc2[o+]c3ccccc3cc2C1. The maximum absolute atomic E-state index is 6.10. The molecule has 2 aromatic rings. The summed E-state index contributed by atoms with van der Waals surface area (Å²) in [4.78, 5) is 0. The van der Waals surface area contributed by atoms with Gasteiger partial charge in [0.15, 0.2) is 0 Å². The van der Waals surface area contributed by atoms with Crippen molar-refractivity contribution in [3.05, 3.63) is 41.7 Å². The molecular weight excluding hydrogens is 268 g/mol. The van der Waals surface area contributed by atoms with Crippen molar-refractivity contribution in [3.8, 4) is 0 Å². The fourth-order valence-corrected chi connectivity index (χ4v) is 3.75. The summed E-state index contributed by atoms with van der Waals surface area (Å²) < 4.78 is 6.10. The van der Waals surface area contributed by atoms with Gasteiger partial charge in [-0.15, -0.1) is 0 Å². The Morgan fingerprint density at radius 2 is 1.86 bits per heavy atom. The molecule has 0 radical (unpaired) electrons. The number of hydrogen-bond donors (Lipinski definition) is 0. The van der Waals surface area contributed by atoms with Gasteiger partial charge in [-0.05, 0) is 30.9 Å². The van der Waals surface area contributed by atoms with Gasteiger partial charge in [0.2, 0.25) is 0 Å². The Labute approximate surface area is 134 Å². The van der Waals surface area contributed by atoms with E-state index < -0.39 is 0 Å². The Hall–Kier alpha value is -1.37. The van der Waals surface area contributed by atoms with E-state index in [4.69, 9.17) is 4.42 Å². The fraction of sp³-hybridized carbons (Fsp3) is 0.571. The Morgan fingerprint density at radius 1 is 1.05 bits per heavy atom. The number of hydrogen-bond acceptors (Lipinski definition) is 0. The molecule has 0 saturated carbocycles. The molecular formula is C21H29O+. The van der Waals surface area contributed by atoms with E-state index in [0.29, 0.717) is 0 Å². The van der Waals surface area contributed by atoms with E-state index in [9.17, 15) is 0 Å². The molecule has 1 aliphatic carbocycles. The first-order chi connectivity index (χ1) is 10.9.